The van der Waals surface area contributed by atoms with Crippen molar-refractivity contribution in [1.82, 2.24) is 4.72 Å². The van der Waals surface area contributed by atoms with Gasteiger partial charge in [0.15, 0.2) is 17.5 Å². The van der Waals surface area contributed by atoms with Gasteiger partial charge in [0.1, 0.15) is 0 Å². The van der Waals surface area contributed by atoms with Crippen LogP contribution >= 0.6 is 0 Å². The van der Waals surface area contributed by atoms with Crippen molar-refractivity contribution in [3.8, 4) is 0 Å². The van der Waals surface area contributed by atoms with Crippen molar-refractivity contribution in [2.45, 2.75) is 23.8 Å². The summed E-state index contributed by atoms with van der Waals surface area (Å²) in [6, 6.07) is 0.786. The van der Waals surface area contributed by atoms with Gasteiger partial charge in [-0.3, -0.25) is 0 Å². The fourth-order valence-electron chi connectivity index (χ4n) is 1.61. The van der Waals surface area contributed by atoms with Crippen LogP contribution in [0.25, 0.3) is 0 Å². The molecule has 4 nitrogen and oxygen atoms in total. The molecule has 1 fully saturated rings. The second-order valence-electron chi connectivity index (χ2n) is 4.46. The molecule has 0 aromatic heterocycles. The van der Waals surface area contributed by atoms with Crippen LogP contribution in [0.3, 0.4) is 0 Å². The fraction of sp³-hybridized carbons (Fsp3) is 0.455. The molecule has 106 valence electrons. The molecule has 1 saturated carbocycles. The largest absolute Gasteiger partial charge is 0.391 e. The molecule has 2 rings (SSSR count). The van der Waals surface area contributed by atoms with Gasteiger partial charge in [-0.25, -0.2) is 26.3 Å². The summed E-state index contributed by atoms with van der Waals surface area (Å²) < 4.78 is 64.1. The van der Waals surface area contributed by atoms with Gasteiger partial charge in [-0.05, 0) is 30.9 Å². The SMILES string of the molecule is O=S(=O)(NC[C@H](O)C1CC1)c1cc(F)c(F)c(F)c1. The highest BCUT2D eigenvalue weighted by molar-refractivity contribution is 7.89. The van der Waals surface area contributed by atoms with E-state index in [-0.39, 0.29) is 12.5 Å². The standard InChI is InChI=1S/C11H12F3NO3S/c12-8-3-7(4-9(13)11(8)14)19(17,18)15-5-10(16)6-1-2-6/h3-4,6,10,15-16H,1-2,5H2/t10-/m0/s1. The summed E-state index contributed by atoms with van der Waals surface area (Å²) in [5.41, 5.74) is 0. The minimum atomic E-state index is -4.18. The highest BCUT2D eigenvalue weighted by atomic mass is 32.2. The van der Waals surface area contributed by atoms with Crippen molar-refractivity contribution in [3.05, 3.63) is 29.6 Å². The molecule has 0 amide bonds. The minimum Gasteiger partial charge on any atom is -0.391 e. The van der Waals surface area contributed by atoms with Crippen molar-refractivity contribution < 1.29 is 26.7 Å². The lowest BCUT2D eigenvalue weighted by atomic mass is 10.2. The Morgan fingerprint density at radius 2 is 1.79 bits per heavy atom. The first-order valence-electron chi connectivity index (χ1n) is 5.63. The Hall–Kier alpha value is -1.12. The van der Waals surface area contributed by atoms with Crippen LogP contribution in [0.1, 0.15) is 12.8 Å². The maximum Gasteiger partial charge on any atom is 0.240 e. The number of hydrogen-bond donors (Lipinski definition) is 2. The Morgan fingerprint density at radius 3 is 2.26 bits per heavy atom. The zero-order valence-corrected chi connectivity index (χ0v) is 10.6. The van der Waals surface area contributed by atoms with Crippen LogP contribution in [0.4, 0.5) is 13.2 Å². The third kappa shape index (κ3) is 3.26. The van der Waals surface area contributed by atoms with E-state index in [1.54, 1.807) is 0 Å². The number of sulfonamides is 1. The van der Waals surface area contributed by atoms with Crippen LogP contribution in [0.5, 0.6) is 0 Å². The topological polar surface area (TPSA) is 66.4 Å². The molecule has 0 bridgehead atoms. The van der Waals surface area contributed by atoms with Crippen molar-refractivity contribution >= 4 is 10.0 Å². The Morgan fingerprint density at radius 1 is 1.26 bits per heavy atom. The Balaban J connectivity index is 2.14. The van der Waals surface area contributed by atoms with E-state index in [0.29, 0.717) is 12.1 Å². The first-order valence-corrected chi connectivity index (χ1v) is 7.12. The third-order valence-corrected chi connectivity index (χ3v) is 4.32. The molecule has 0 heterocycles. The van der Waals surface area contributed by atoms with E-state index >= 15 is 0 Å². The van der Waals surface area contributed by atoms with Gasteiger partial charge in [-0.2, -0.15) is 0 Å². The molecule has 0 unspecified atom stereocenters. The number of aliphatic hydroxyl groups excluding tert-OH is 1. The lowest BCUT2D eigenvalue weighted by molar-refractivity contribution is 0.155. The summed E-state index contributed by atoms with van der Waals surface area (Å²) in [5, 5.41) is 9.52. The monoisotopic (exact) mass is 295 g/mol. The fourth-order valence-corrected chi connectivity index (χ4v) is 2.69. The summed E-state index contributed by atoms with van der Waals surface area (Å²) in [7, 11) is -4.18. The van der Waals surface area contributed by atoms with Crippen LogP contribution in [0, 0.1) is 23.4 Å². The highest BCUT2D eigenvalue weighted by Gasteiger charge is 2.30. The van der Waals surface area contributed by atoms with Gasteiger partial charge in [0, 0.05) is 6.54 Å². The summed E-state index contributed by atoms with van der Waals surface area (Å²) in [5.74, 6) is -4.83. The molecule has 1 aliphatic carbocycles. The average Bonchev–Trinajstić information content (AvgIpc) is 3.16. The first kappa shape index (κ1) is 14.3. The Labute approximate surface area is 108 Å². The zero-order valence-electron chi connectivity index (χ0n) is 9.74. The van der Waals surface area contributed by atoms with Crippen LogP contribution in [-0.4, -0.2) is 26.2 Å². The van der Waals surface area contributed by atoms with E-state index in [1.807, 2.05) is 4.72 Å². The summed E-state index contributed by atoms with van der Waals surface area (Å²) in [4.78, 5) is -0.716. The van der Waals surface area contributed by atoms with E-state index in [4.69, 9.17) is 0 Å². The van der Waals surface area contributed by atoms with Crippen molar-refractivity contribution in [2.75, 3.05) is 6.54 Å². The van der Waals surface area contributed by atoms with Crippen LogP contribution in [-0.2, 0) is 10.0 Å². The van der Waals surface area contributed by atoms with Gasteiger partial charge in [-0.15, -0.1) is 0 Å². The van der Waals surface area contributed by atoms with E-state index in [2.05, 4.69) is 0 Å². The Kier molecular flexibility index (Phi) is 3.84. The van der Waals surface area contributed by atoms with Crippen LogP contribution < -0.4 is 4.72 Å². The molecule has 0 aliphatic heterocycles. The number of aliphatic hydroxyl groups is 1. The van der Waals surface area contributed by atoms with Gasteiger partial charge < -0.3 is 5.11 Å². The molecule has 19 heavy (non-hydrogen) atoms. The lowest BCUT2D eigenvalue weighted by Crippen LogP contribution is -2.33. The highest BCUT2D eigenvalue weighted by Crippen LogP contribution is 2.32. The van der Waals surface area contributed by atoms with Gasteiger partial charge >= 0.3 is 0 Å². The number of hydrogen-bond acceptors (Lipinski definition) is 3. The van der Waals surface area contributed by atoms with Gasteiger partial charge in [-0.1, -0.05) is 0 Å². The second-order valence-corrected chi connectivity index (χ2v) is 6.22. The molecular weight excluding hydrogens is 283 g/mol. The zero-order chi connectivity index (χ0) is 14.2. The maximum atomic E-state index is 13.0. The average molecular weight is 295 g/mol. The molecule has 0 radical (unpaired) electrons. The molecule has 1 aromatic rings. The molecule has 8 heteroatoms. The van der Waals surface area contributed by atoms with Gasteiger partial charge in [0.2, 0.25) is 10.0 Å². The van der Waals surface area contributed by atoms with Crippen molar-refractivity contribution in [2.24, 2.45) is 5.92 Å². The van der Waals surface area contributed by atoms with E-state index < -0.39 is 38.5 Å². The van der Waals surface area contributed by atoms with Crippen LogP contribution in [0.2, 0.25) is 0 Å². The maximum absolute atomic E-state index is 13.0. The molecule has 0 saturated heterocycles. The van der Waals surface area contributed by atoms with Gasteiger partial charge in [0.05, 0.1) is 11.0 Å². The van der Waals surface area contributed by atoms with Crippen LogP contribution in [0.15, 0.2) is 17.0 Å². The van der Waals surface area contributed by atoms with Crippen molar-refractivity contribution in [3.63, 3.8) is 0 Å². The molecule has 0 spiro atoms. The molecule has 1 atom stereocenters. The van der Waals surface area contributed by atoms with Gasteiger partial charge in [0.25, 0.3) is 0 Å². The van der Waals surface area contributed by atoms with E-state index in [1.165, 1.54) is 0 Å². The predicted molar refractivity (Wildman–Crippen MR) is 60.2 cm³/mol. The number of rotatable bonds is 5. The smallest absolute Gasteiger partial charge is 0.240 e. The van der Waals surface area contributed by atoms with E-state index in [0.717, 1.165) is 12.8 Å². The summed E-state index contributed by atoms with van der Waals surface area (Å²) >= 11 is 0. The summed E-state index contributed by atoms with van der Waals surface area (Å²) in [6.45, 7) is -0.242. The molecule has 2 N–H and O–H groups in total. The Bertz CT molecular complexity index is 564. The normalized spacial score (nSPS) is 17.5. The van der Waals surface area contributed by atoms with Crippen molar-refractivity contribution in [1.29, 1.82) is 0 Å². The lowest BCUT2D eigenvalue weighted by Gasteiger charge is -2.11. The molecule has 1 aliphatic rings. The first-order chi connectivity index (χ1) is 8.81. The quantitative estimate of drug-likeness (QED) is 0.801. The molecule has 1 aromatic carbocycles. The second kappa shape index (κ2) is 5.10. The predicted octanol–water partition coefficient (Wildman–Crippen LogP) is 1.15. The molecular formula is C11H12F3NO3S. The number of benzene rings is 1. The number of halogens is 3. The number of nitrogens with one attached hydrogen (secondary N) is 1. The van der Waals surface area contributed by atoms with E-state index in [9.17, 15) is 26.7 Å². The third-order valence-electron chi connectivity index (χ3n) is 2.92. The summed E-state index contributed by atoms with van der Waals surface area (Å²) in [6.07, 6.45) is 0.815. The minimum absolute atomic E-state index is 0.0596.